The Morgan fingerprint density at radius 1 is 1.07 bits per heavy atom. The zero-order valence-corrected chi connectivity index (χ0v) is 16.4. The van der Waals surface area contributed by atoms with Gasteiger partial charge in [0.25, 0.3) is 5.91 Å². The number of amides is 1. The highest BCUT2D eigenvalue weighted by atomic mass is 16.5. The molecule has 1 aliphatic carbocycles. The second-order valence-corrected chi connectivity index (χ2v) is 7.96. The molecule has 0 saturated carbocycles. The molecule has 3 nitrogen and oxygen atoms in total. The lowest BCUT2D eigenvalue weighted by Gasteiger charge is -2.41. The highest BCUT2D eigenvalue weighted by Crippen LogP contribution is 2.34. The highest BCUT2D eigenvalue weighted by Gasteiger charge is 2.38. The molecule has 1 amide bonds. The van der Waals surface area contributed by atoms with E-state index < -0.39 is 0 Å². The summed E-state index contributed by atoms with van der Waals surface area (Å²) in [5.74, 6) is 0.186. The summed E-state index contributed by atoms with van der Waals surface area (Å²) in [5.41, 5.74) is 2.84. The molecule has 2 unspecified atom stereocenters. The first-order chi connectivity index (χ1) is 13.0. The Labute approximate surface area is 162 Å². The van der Waals surface area contributed by atoms with Crippen molar-refractivity contribution in [1.29, 1.82) is 0 Å². The first-order valence-electron chi connectivity index (χ1n) is 9.66. The van der Waals surface area contributed by atoms with Gasteiger partial charge in [0.05, 0.1) is 12.7 Å². The molecule has 1 N–H and O–H groups in total. The van der Waals surface area contributed by atoms with Crippen molar-refractivity contribution in [2.45, 2.75) is 51.9 Å². The number of allylic oxidation sites excluding steroid dienone is 1. The molecule has 0 aromatic heterocycles. The molecule has 27 heavy (non-hydrogen) atoms. The van der Waals surface area contributed by atoms with Crippen molar-refractivity contribution in [3.05, 3.63) is 83.4 Å². The van der Waals surface area contributed by atoms with Crippen LogP contribution in [0.3, 0.4) is 0 Å². The van der Waals surface area contributed by atoms with E-state index in [9.17, 15) is 4.79 Å². The Hall–Kier alpha value is -2.39. The molecule has 3 heteroatoms. The predicted octanol–water partition coefficient (Wildman–Crippen LogP) is 5.14. The molecule has 0 bridgehead atoms. The smallest absolute Gasteiger partial charge is 0.251 e. The fourth-order valence-corrected chi connectivity index (χ4v) is 3.78. The van der Waals surface area contributed by atoms with Gasteiger partial charge in [-0.3, -0.25) is 4.79 Å². The van der Waals surface area contributed by atoms with E-state index in [1.807, 2.05) is 48.5 Å². The quantitative estimate of drug-likeness (QED) is 0.722. The van der Waals surface area contributed by atoms with E-state index in [4.69, 9.17) is 4.74 Å². The van der Waals surface area contributed by atoms with Crippen molar-refractivity contribution in [2.75, 3.05) is 0 Å². The number of hydrogen-bond acceptors (Lipinski definition) is 2. The van der Waals surface area contributed by atoms with Gasteiger partial charge >= 0.3 is 0 Å². The van der Waals surface area contributed by atoms with Crippen molar-refractivity contribution in [2.24, 2.45) is 5.92 Å². The third-order valence-electron chi connectivity index (χ3n) is 5.38. The molecule has 2 atom stereocenters. The standard InChI is InChI=1S/C24H29NO2/c1-18-14-15-21(22(16-18)27-17-19-10-6-4-7-11-19)24(2,3)25-23(26)20-12-8-5-9-13-20/h4-13,16,21-22H,14-15,17H2,1-3H3,(H,25,26). The molecular formula is C24H29NO2. The van der Waals surface area contributed by atoms with Crippen molar-refractivity contribution in [3.63, 3.8) is 0 Å². The summed E-state index contributed by atoms with van der Waals surface area (Å²) < 4.78 is 6.30. The maximum Gasteiger partial charge on any atom is 0.251 e. The summed E-state index contributed by atoms with van der Waals surface area (Å²) in [6.07, 6.45) is 4.27. The van der Waals surface area contributed by atoms with Gasteiger partial charge < -0.3 is 10.1 Å². The largest absolute Gasteiger partial charge is 0.369 e. The van der Waals surface area contributed by atoms with Crippen LogP contribution in [0, 0.1) is 5.92 Å². The molecule has 0 heterocycles. The topological polar surface area (TPSA) is 38.3 Å². The number of benzene rings is 2. The lowest BCUT2D eigenvalue weighted by Crippen LogP contribution is -2.53. The summed E-state index contributed by atoms with van der Waals surface area (Å²) in [5, 5.41) is 3.24. The average molecular weight is 364 g/mol. The van der Waals surface area contributed by atoms with Gasteiger partial charge in [0, 0.05) is 17.0 Å². The Morgan fingerprint density at radius 2 is 1.70 bits per heavy atom. The number of nitrogens with one attached hydrogen (secondary N) is 1. The summed E-state index contributed by atoms with van der Waals surface area (Å²) in [7, 11) is 0. The summed E-state index contributed by atoms with van der Waals surface area (Å²) in [4.78, 5) is 12.7. The zero-order chi connectivity index (χ0) is 19.3. The van der Waals surface area contributed by atoms with Gasteiger partial charge in [-0.1, -0.05) is 60.2 Å². The monoisotopic (exact) mass is 363 g/mol. The first-order valence-corrected chi connectivity index (χ1v) is 9.66. The molecule has 142 valence electrons. The van der Waals surface area contributed by atoms with E-state index >= 15 is 0 Å². The third-order valence-corrected chi connectivity index (χ3v) is 5.38. The van der Waals surface area contributed by atoms with Crippen LogP contribution in [0.15, 0.2) is 72.3 Å². The molecule has 2 aromatic rings. The SMILES string of the molecule is CC1=CC(OCc2ccccc2)C(C(C)(C)NC(=O)c2ccccc2)CC1. The molecule has 0 saturated heterocycles. The van der Waals surface area contributed by atoms with Crippen LogP contribution in [0.1, 0.15) is 49.5 Å². The van der Waals surface area contributed by atoms with Crippen LogP contribution in [-0.4, -0.2) is 17.6 Å². The fourth-order valence-electron chi connectivity index (χ4n) is 3.78. The second-order valence-electron chi connectivity index (χ2n) is 7.96. The van der Waals surface area contributed by atoms with Gasteiger partial charge in [-0.05, 0) is 51.3 Å². The van der Waals surface area contributed by atoms with Crippen LogP contribution in [0.4, 0.5) is 0 Å². The van der Waals surface area contributed by atoms with Gasteiger partial charge in [0.2, 0.25) is 0 Å². The Kier molecular flexibility index (Phi) is 6.12. The predicted molar refractivity (Wildman–Crippen MR) is 109 cm³/mol. The van der Waals surface area contributed by atoms with E-state index in [2.05, 4.69) is 44.3 Å². The molecule has 0 radical (unpaired) electrons. The van der Waals surface area contributed by atoms with E-state index in [1.54, 1.807) is 0 Å². The van der Waals surface area contributed by atoms with Crippen LogP contribution in [0.5, 0.6) is 0 Å². The maximum absolute atomic E-state index is 12.7. The Balaban J connectivity index is 1.72. The lowest BCUT2D eigenvalue weighted by atomic mass is 9.75. The van der Waals surface area contributed by atoms with Crippen LogP contribution >= 0.6 is 0 Å². The minimum absolute atomic E-state index is 0.00923. The Morgan fingerprint density at radius 3 is 2.37 bits per heavy atom. The molecular weight excluding hydrogens is 334 g/mol. The average Bonchev–Trinajstić information content (AvgIpc) is 2.67. The third kappa shape index (κ3) is 5.08. The zero-order valence-electron chi connectivity index (χ0n) is 16.4. The molecule has 0 fully saturated rings. The van der Waals surface area contributed by atoms with Crippen LogP contribution < -0.4 is 5.32 Å². The number of hydrogen-bond donors (Lipinski definition) is 1. The van der Waals surface area contributed by atoms with E-state index in [1.165, 1.54) is 11.1 Å². The second kappa shape index (κ2) is 8.53. The molecule has 0 spiro atoms. The molecule has 2 aromatic carbocycles. The van der Waals surface area contributed by atoms with Crippen molar-refractivity contribution in [1.82, 2.24) is 5.32 Å². The van der Waals surface area contributed by atoms with E-state index in [-0.39, 0.29) is 23.5 Å². The summed E-state index contributed by atoms with van der Waals surface area (Å²) in [6, 6.07) is 19.6. The van der Waals surface area contributed by atoms with E-state index in [0.717, 1.165) is 12.8 Å². The Bertz CT molecular complexity index is 781. The molecule has 3 rings (SSSR count). The fraction of sp³-hybridized carbons (Fsp3) is 0.375. The van der Waals surface area contributed by atoms with Gasteiger partial charge in [-0.2, -0.15) is 0 Å². The number of ether oxygens (including phenoxy) is 1. The maximum atomic E-state index is 12.7. The van der Waals surface area contributed by atoms with E-state index in [0.29, 0.717) is 12.2 Å². The van der Waals surface area contributed by atoms with Gasteiger partial charge in [0.1, 0.15) is 0 Å². The van der Waals surface area contributed by atoms with Crippen molar-refractivity contribution in [3.8, 4) is 0 Å². The normalized spacial score (nSPS) is 20.0. The summed E-state index contributed by atoms with van der Waals surface area (Å²) >= 11 is 0. The summed E-state index contributed by atoms with van der Waals surface area (Å²) in [6.45, 7) is 6.94. The van der Waals surface area contributed by atoms with Crippen molar-refractivity contribution >= 4 is 5.91 Å². The number of rotatable bonds is 6. The minimum atomic E-state index is -0.370. The van der Waals surface area contributed by atoms with Crippen LogP contribution in [0.25, 0.3) is 0 Å². The van der Waals surface area contributed by atoms with Crippen LogP contribution in [-0.2, 0) is 11.3 Å². The molecule has 0 aliphatic heterocycles. The lowest BCUT2D eigenvalue weighted by molar-refractivity contribution is -0.00330. The van der Waals surface area contributed by atoms with Crippen LogP contribution in [0.2, 0.25) is 0 Å². The van der Waals surface area contributed by atoms with Gasteiger partial charge in [-0.15, -0.1) is 0 Å². The molecule has 1 aliphatic rings. The van der Waals surface area contributed by atoms with Gasteiger partial charge in [0.15, 0.2) is 0 Å². The minimum Gasteiger partial charge on any atom is -0.369 e. The number of carbonyl (C=O) groups excluding carboxylic acids is 1. The first kappa shape index (κ1) is 19.4. The van der Waals surface area contributed by atoms with Gasteiger partial charge in [-0.25, -0.2) is 0 Å². The van der Waals surface area contributed by atoms with Crippen molar-refractivity contribution < 1.29 is 9.53 Å². The highest BCUT2D eigenvalue weighted by molar-refractivity contribution is 5.94. The number of carbonyl (C=O) groups is 1.